The van der Waals surface area contributed by atoms with Crippen LogP contribution in [0.4, 0.5) is 0 Å². The quantitative estimate of drug-likeness (QED) is 0.243. The summed E-state index contributed by atoms with van der Waals surface area (Å²) in [6, 6.07) is 8.37. The van der Waals surface area contributed by atoms with Crippen LogP contribution in [0, 0.1) is 12.8 Å². The fraction of sp³-hybridized carbons (Fsp3) is 0.516. The van der Waals surface area contributed by atoms with Crippen LogP contribution < -0.4 is 4.74 Å². The number of rotatable bonds is 11. The topological polar surface area (TPSA) is 24.8 Å². The summed E-state index contributed by atoms with van der Waals surface area (Å²) in [5, 5.41) is 0. The summed E-state index contributed by atoms with van der Waals surface area (Å²) in [4.78, 5) is 6.81. The largest absolute Gasteiger partial charge is 0.494 e. The second-order valence-corrected chi connectivity index (χ2v) is 8.70. The number of benzene rings is 1. The third kappa shape index (κ3) is 11.0. The van der Waals surface area contributed by atoms with E-state index in [9.17, 15) is 0 Å². The van der Waals surface area contributed by atoms with Crippen molar-refractivity contribution in [3.05, 3.63) is 64.9 Å². The molecule has 1 aliphatic carbocycles. The van der Waals surface area contributed by atoms with E-state index < -0.39 is 0 Å². The van der Waals surface area contributed by atoms with Crippen molar-refractivity contribution >= 4 is 5.71 Å². The molecule has 3 heteroatoms. The van der Waals surface area contributed by atoms with E-state index in [1.165, 1.54) is 60.0 Å². The molecule has 1 aromatic rings. The van der Waals surface area contributed by atoms with Crippen molar-refractivity contribution in [1.29, 1.82) is 0 Å². The highest BCUT2D eigenvalue weighted by atomic mass is 16.5. The molecule has 0 N–H and O–H groups in total. The Labute approximate surface area is 210 Å². The zero-order valence-electron chi connectivity index (χ0n) is 22.9. The number of aliphatic imine (C=N–C) groups is 1. The third-order valence-corrected chi connectivity index (χ3v) is 5.69. The molecule has 0 amide bonds. The highest BCUT2D eigenvalue weighted by Gasteiger charge is 2.17. The maximum Gasteiger partial charge on any atom is 0.123 e. The van der Waals surface area contributed by atoms with E-state index in [2.05, 4.69) is 89.1 Å². The Kier molecular flexibility index (Phi) is 17.4. The molecule has 0 saturated carbocycles. The van der Waals surface area contributed by atoms with Crippen LogP contribution in [0.2, 0.25) is 0 Å². The Balaban J connectivity index is 0.000000601. The third-order valence-electron chi connectivity index (χ3n) is 5.69. The summed E-state index contributed by atoms with van der Waals surface area (Å²) >= 11 is 0. The monoisotopic (exact) mass is 464 g/mol. The molecule has 3 nitrogen and oxygen atoms in total. The van der Waals surface area contributed by atoms with Crippen molar-refractivity contribution in [3.8, 4) is 18.6 Å². The molecule has 0 bridgehead atoms. The molecule has 0 radical (unpaired) electrons. The summed E-state index contributed by atoms with van der Waals surface area (Å²) in [6.07, 6.45) is 15.8. The average molecular weight is 465 g/mol. The number of terminal acetylenes is 1. The van der Waals surface area contributed by atoms with E-state index in [-0.39, 0.29) is 0 Å². The van der Waals surface area contributed by atoms with Gasteiger partial charge in [0, 0.05) is 24.0 Å². The molecule has 1 aliphatic rings. The van der Waals surface area contributed by atoms with Gasteiger partial charge in [0.2, 0.25) is 0 Å². The zero-order chi connectivity index (χ0) is 25.9. The van der Waals surface area contributed by atoms with Gasteiger partial charge in [0.05, 0.1) is 6.61 Å². The Morgan fingerprint density at radius 1 is 1.06 bits per heavy atom. The molecule has 2 rings (SSSR count). The summed E-state index contributed by atoms with van der Waals surface area (Å²) in [6.45, 7) is 22.9. The van der Waals surface area contributed by atoms with Crippen LogP contribution in [-0.4, -0.2) is 30.3 Å². The van der Waals surface area contributed by atoms with Crippen molar-refractivity contribution in [2.45, 2.75) is 87.1 Å². The smallest absolute Gasteiger partial charge is 0.123 e. The summed E-state index contributed by atoms with van der Waals surface area (Å²) in [5.74, 6) is 1.03. The van der Waals surface area contributed by atoms with E-state index in [4.69, 9.17) is 4.74 Å². The van der Waals surface area contributed by atoms with Gasteiger partial charge < -0.3 is 4.74 Å². The van der Waals surface area contributed by atoms with Gasteiger partial charge in [0.1, 0.15) is 5.75 Å². The Bertz CT molecular complexity index is 832. The number of hydrogen-bond donors (Lipinski definition) is 0. The van der Waals surface area contributed by atoms with Gasteiger partial charge in [-0.05, 0) is 97.0 Å². The summed E-state index contributed by atoms with van der Waals surface area (Å²) < 4.78 is 5.67. The maximum absolute atomic E-state index is 5.67. The molecule has 34 heavy (non-hydrogen) atoms. The normalized spacial score (nSPS) is 12.9. The standard InChI is InChI=1S/C15H25NO.C14H21N.C2H2/c1-4-11-16(12-5-2)13-14-9-7-8-10-15(14)17-6-3;1-6-15-12(5)14(10(2)3)13-9-7-8-11(13)4;1-2/h7-10H,4-6,11-13H2,1-3H3;6H,1,7-9H2,2-5H3;1-2H. The van der Waals surface area contributed by atoms with Crippen LogP contribution in [0.3, 0.4) is 0 Å². The molecule has 0 saturated heterocycles. The van der Waals surface area contributed by atoms with Crippen molar-refractivity contribution in [2.75, 3.05) is 19.7 Å². The fourth-order valence-electron chi connectivity index (χ4n) is 4.39. The van der Waals surface area contributed by atoms with Gasteiger partial charge >= 0.3 is 0 Å². The van der Waals surface area contributed by atoms with E-state index in [0.29, 0.717) is 0 Å². The van der Waals surface area contributed by atoms with E-state index >= 15 is 0 Å². The molecular formula is C31H48N2O. The Morgan fingerprint density at radius 2 is 1.68 bits per heavy atom. The van der Waals surface area contributed by atoms with E-state index in [1.54, 1.807) is 6.20 Å². The van der Waals surface area contributed by atoms with Crippen LogP contribution in [0.1, 0.15) is 86.1 Å². The molecule has 1 aromatic carbocycles. The predicted molar refractivity (Wildman–Crippen MR) is 152 cm³/mol. The molecule has 0 atom stereocenters. The minimum absolute atomic E-state index is 0.735. The fourth-order valence-corrected chi connectivity index (χ4v) is 4.39. The Hall–Kier alpha value is -2.57. The number of para-hydroxylation sites is 1. The van der Waals surface area contributed by atoms with Gasteiger partial charge in [0.25, 0.3) is 0 Å². The second-order valence-electron chi connectivity index (χ2n) is 8.70. The van der Waals surface area contributed by atoms with Crippen molar-refractivity contribution < 1.29 is 4.74 Å². The lowest BCUT2D eigenvalue weighted by molar-refractivity contribution is 0.258. The van der Waals surface area contributed by atoms with E-state index in [1.807, 2.05) is 13.0 Å². The molecule has 0 fully saturated rings. The minimum atomic E-state index is 0.735. The highest BCUT2D eigenvalue weighted by Crippen LogP contribution is 2.33. The van der Waals surface area contributed by atoms with Crippen molar-refractivity contribution in [3.63, 3.8) is 0 Å². The lowest BCUT2D eigenvalue weighted by Gasteiger charge is -2.22. The van der Waals surface area contributed by atoms with Crippen LogP contribution in [-0.2, 0) is 6.54 Å². The zero-order valence-corrected chi connectivity index (χ0v) is 22.9. The predicted octanol–water partition coefficient (Wildman–Crippen LogP) is 8.38. The van der Waals surface area contributed by atoms with Crippen LogP contribution >= 0.6 is 0 Å². The van der Waals surface area contributed by atoms with Gasteiger partial charge in [-0.25, -0.2) is 0 Å². The summed E-state index contributed by atoms with van der Waals surface area (Å²) in [7, 11) is 0. The first-order valence-electron chi connectivity index (χ1n) is 12.7. The average Bonchev–Trinajstić information content (AvgIpc) is 3.23. The molecule has 0 heterocycles. The number of nitrogens with zero attached hydrogens (tertiary/aromatic N) is 2. The highest BCUT2D eigenvalue weighted by molar-refractivity contribution is 6.03. The first kappa shape index (κ1) is 31.4. The molecule has 0 aliphatic heterocycles. The van der Waals surface area contributed by atoms with Gasteiger partial charge in [-0.2, -0.15) is 0 Å². The lowest BCUT2D eigenvalue weighted by atomic mass is 9.95. The molecular weight excluding hydrogens is 416 g/mol. The van der Waals surface area contributed by atoms with Crippen LogP contribution in [0.15, 0.2) is 64.3 Å². The molecule has 0 aromatic heterocycles. The van der Waals surface area contributed by atoms with Gasteiger partial charge in [0.15, 0.2) is 0 Å². The van der Waals surface area contributed by atoms with Crippen molar-refractivity contribution in [2.24, 2.45) is 4.99 Å². The SMILES string of the molecule is C#C.C=CN=C(C)C(=C(C)C)C1=C(C)CCC1.CCCN(CCC)Cc1ccccc1OCC. The van der Waals surface area contributed by atoms with Crippen LogP contribution in [0.5, 0.6) is 5.75 Å². The molecule has 188 valence electrons. The van der Waals surface area contributed by atoms with E-state index in [0.717, 1.165) is 37.7 Å². The number of allylic oxidation sites excluding steroid dienone is 4. The van der Waals surface area contributed by atoms with Crippen LogP contribution in [0.25, 0.3) is 0 Å². The Morgan fingerprint density at radius 3 is 2.15 bits per heavy atom. The van der Waals surface area contributed by atoms with Gasteiger partial charge in [-0.3, -0.25) is 9.89 Å². The first-order valence-corrected chi connectivity index (χ1v) is 12.7. The van der Waals surface area contributed by atoms with Gasteiger partial charge in [-0.1, -0.05) is 49.8 Å². The van der Waals surface area contributed by atoms with Crippen molar-refractivity contribution in [1.82, 2.24) is 4.90 Å². The minimum Gasteiger partial charge on any atom is -0.494 e. The number of hydrogen-bond acceptors (Lipinski definition) is 3. The maximum atomic E-state index is 5.67. The second kappa shape index (κ2) is 18.8. The first-order chi connectivity index (χ1) is 16.4. The molecule has 0 unspecified atom stereocenters. The molecule has 0 spiro atoms. The summed E-state index contributed by atoms with van der Waals surface area (Å²) in [5.41, 5.74) is 8.15. The number of ether oxygens (including phenoxy) is 1. The van der Waals surface area contributed by atoms with Gasteiger partial charge in [-0.15, -0.1) is 12.8 Å². The lowest BCUT2D eigenvalue weighted by Crippen LogP contribution is -2.25.